The van der Waals surface area contributed by atoms with Gasteiger partial charge >= 0.3 is 0 Å². The van der Waals surface area contributed by atoms with Gasteiger partial charge in [-0.25, -0.2) is 0 Å². The van der Waals surface area contributed by atoms with Crippen molar-refractivity contribution in [3.8, 4) is 5.75 Å². The van der Waals surface area contributed by atoms with Crippen molar-refractivity contribution in [2.45, 2.75) is 26.2 Å². The van der Waals surface area contributed by atoms with Crippen molar-refractivity contribution in [2.24, 2.45) is 5.92 Å². The summed E-state index contributed by atoms with van der Waals surface area (Å²) in [5, 5.41) is 12.4. The number of phenolic OH excluding ortho intramolecular Hbond substituents is 1. The van der Waals surface area contributed by atoms with Gasteiger partial charge in [-0.15, -0.1) is 0 Å². The van der Waals surface area contributed by atoms with Gasteiger partial charge in [-0.2, -0.15) is 0 Å². The largest absolute Gasteiger partial charge is 0.508 e. The van der Waals surface area contributed by atoms with Crippen LogP contribution in [0.4, 0.5) is 5.69 Å². The number of Topliss-reactive ketones (excluding diaryl/α,β-unsaturated/α-hetero) is 1. The van der Waals surface area contributed by atoms with Crippen LogP contribution in [0.25, 0.3) is 0 Å². The van der Waals surface area contributed by atoms with Gasteiger partial charge in [0.1, 0.15) is 5.75 Å². The molecule has 2 rings (SSSR count). The van der Waals surface area contributed by atoms with Gasteiger partial charge in [0.05, 0.1) is 0 Å². The van der Waals surface area contributed by atoms with Gasteiger partial charge in [0.25, 0.3) is 0 Å². The predicted molar refractivity (Wildman–Crippen MR) is 67.8 cm³/mol. The number of rotatable bonds is 2. The molecule has 0 amide bonds. The number of nitrogens with one attached hydrogen (secondary N) is 1. The summed E-state index contributed by atoms with van der Waals surface area (Å²) >= 11 is 0. The molecule has 17 heavy (non-hydrogen) atoms. The lowest BCUT2D eigenvalue weighted by Crippen LogP contribution is -2.19. The second-order valence-electron chi connectivity index (χ2n) is 4.52. The van der Waals surface area contributed by atoms with Crippen LogP contribution in [0.3, 0.4) is 0 Å². The maximum atomic E-state index is 11.9. The van der Waals surface area contributed by atoms with E-state index in [-0.39, 0.29) is 17.5 Å². The van der Waals surface area contributed by atoms with Gasteiger partial charge in [-0.05, 0) is 31.4 Å². The monoisotopic (exact) mass is 231 g/mol. The quantitative estimate of drug-likeness (QED) is 0.769. The third kappa shape index (κ3) is 2.87. The molecule has 1 aliphatic carbocycles. The van der Waals surface area contributed by atoms with Crippen LogP contribution in [0.2, 0.25) is 0 Å². The fraction of sp³-hybridized carbons (Fsp3) is 0.357. The molecule has 1 saturated carbocycles. The number of anilines is 1. The van der Waals surface area contributed by atoms with Gasteiger partial charge in [0.15, 0.2) is 5.78 Å². The van der Waals surface area contributed by atoms with E-state index in [1.165, 1.54) is 0 Å². The zero-order valence-electron chi connectivity index (χ0n) is 9.94. The molecule has 3 nitrogen and oxygen atoms in total. The molecule has 1 unspecified atom stereocenters. The van der Waals surface area contributed by atoms with Crippen molar-refractivity contribution in [2.75, 3.05) is 5.32 Å². The van der Waals surface area contributed by atoms with Crippen molar-refractivity contribution < 1.29 is 9.90 Å². The van der Waals surface area contributed by atoms with Crippen LogP contribution in [0.1, 0.15) is 26.2 Å². The standard InChI is InChI=1S/C14H17NO2/c1-10-4-2-5-11(14(10)17)9-15-12-6-3-7-13(16)8-12/h3,6-10,15-16H,2,4-5H2,1H3/b11-9-. The molecule has 1 aromatic rings. The minimum atomic E-state index is 0.140. The van der Waals surface area contributed by atoms with E-state index in [2.05, 4.69) is 5.32 Å². The zero-order valence-corrected chi connectivity index (χ0v) is 9.94. The summed E-state index contributed by atoms with van der Waals surface area (Å²) in [5.74, 6) is 0.599. The summed E-state index contributed by atoms with van der Waals surface area (Å²) in [6, 6.07) is 6.87. The second kappa shape index (κ2) is 5.04. The summed E-state index contributed by atoms with van der Waals surface area (Å²) in [4.78, 5) is 11.9. The first-order chi connectivity index (χ1) is 8.16. The number of aromatic hydroxyl groups is 1. The molecule has 0 saturated heterocycles. The van der Waals surface area contributed by atoms with Crippen molar-refractivity contribution in [3.05, 3.63) is 36.0 Å². The Kier molecular flexibility index (Phi) is 3.47. The van der Waals surface area contributed by atoms with Crippen molar-refractivity contribution in [3.63, 3.8) is 0 Å². The highest BCUT2D eigenvalue weighted by atomic mass is 16.3. The fourth-order valence-electron chi connectivity index (χ4n) is 2.08. The fourth-order valence-corrected chi connectivity index (χ4v) is 2.08. The van der Waals surface area contributed by atoms with Crippen LogP contribution < -0.4 is 5.32 Å². The lowest BCUT2D eigenvalue weighted by Gasteiger charge is -2.19. The highest BCUT2D eigenvalue weighted by Gasteiger charge is 2.22. The molecule has 1 aromatic carbocycles. The Balaban J connectivity index is 2.07. The average molecular weight is 231 g/mol. The number of carbonyl (C=O) groups is 1. The Labute approximate surface area is 101 Å². The van der Waals surface area contributed by atoms with E-state index >= 15 is 0 Å². The molecule has 1 aliphatic rings. The number of allylic oxidation sites excluding steroid dienone is 1. The predicted octanol–water partition coefficient (Wildman–Crippen LogP) is 3.08. The van der Waals surface area contributed by atoms with Crippen molar-refractivity contribution in [1.29, 1.82) is 0 Å². The van der Waals surface area contributed by atoms with Crippen molar-refractivity contribution in [1.82, 2.24) is 0 Å². The van der Waals surface area contributed by atoms with Crippen molar-refractivity contribution >= 4 is 11.5 Å². The molecule has 2 N–H and O–H groups in total. The smallest absolute Gasteiger partial charge is 0.163 e. The summed E-state index contributed by atoms with van der Waals surface area (Å²) in [5.41, 5.74) is 1.65. The molecule has 3 heteroatoms. The van der Waals surface area contributed by atoms with E-state index in [0.29, 0.717) is 0 Å². The van der Waals surface area contributed by atoms with Gasteiger partial charge < -0.3 is 10.4 Å². The van der Waals surface area contributed by atoms with Crippen LogP contribution in [0.15, 0.2) is 36.0 Å². The van der Waals surface area contributed by atoms with E-state index in [4.69, 9.17) is 0 Å². The van der Waals surface area contributed by atoms with E-state index in [1.807, 2.05) is 13.0 Å². The summed E-state index contributed by atoms with van der Waals surface area (Å²) in [7, 11) is 0. The van der Waals surface area contributed by atoms with Gasteiger partial charge in [-0.3, -0.25) is 4.79 Å². The maximum absolute atomic E-state index is 11.9. The van der Waals surface area contributed by atoms with Gasteiger partial charge in [0.2, 0.25) is 0 Å². The average Bonchev–Trinajstić information content (AvgIpc) is 2.31. The molecule has 0 heterocycles. The lowest BCUT2D eigenvalue weighted by atomic mass is 9.86. The van der Waals surface area contributed by atoms with E-state index in [1.54, 1.807) is 24.4 Å². The molecule has 0 spiro atoms. The highest BCUT2D eigenvalue weighted by molar-refractivity contribution is 5.97. The van der Waals surface area contributed by atoms with E-state index in [9.17, 15) is 9.90 Å². The van der Waals surface area contributed by atoms with Crippen LogP contribution >= 0.6 is 0 Å². The number of hydrogen-bond donors (Lipinski definition) is 2. The first-order valence-corrected chi connectivity index (χ1v) is 5.95. The Morgan fingerprint density at radius 1 is 1.47 bits per heavy atom. The molecular weight excluding hydrogens is 214 g/mol. The summed E-state index contributed by atoms with van der Waals surface area (Å²) in [6.07, 6.45) is 4.67. The first-order valence-electron chi connectivity index (χ1n) is 5.95. The Bertz CT molecular complexity index is 451. The minimum absolute atomic E-state index is 0.140. The summed E-state index contributed by atoms with van der Waals surface area (Å²) in [6.45, 7) is 1.98. The highest BCUT2D eigenvalue weighted by Crippen LogP contribution is 2.25. The molecule has 90 valence electrons. The maximum Gasteiger partial charge on any atom is 0.163 e. The van der Waals surface area contributed by atoms with Crippen LogP contribution in [0.5, 0.6) is 5.75 Å². The molecular formula is C14H17NO2. The number of benzene rings is 1. The normalized spacial score (nSPS) is 22.8. The Morgan fingerprint density at radius 3 is 3.06 bits per heavy atom. The second-order valence-corrected chi connectivity index (χ2v) is 4.52. The third-order valence-electron chi connectivity index (χ3n) is 3.11. The van der Waals surface area contributed by atoms with Gasteiger partial charge in [-0.1, -0.05) is 13.0 Å². The Hall–Kier alpha value is -1.77. The molecule has 0 aromatic heterocycles. The number of carbonyl (C=O) groups excluding carboxylic acids is 1. The van der Waals surface area contributed by atoms with Crippen LogP contribution in [-0.4, -0.2) is 10.9 Å². The lowest BCUT2D eigenvalue weighted by molar-refractivity contribution is -0.119. The van der Waals surface area contributed by atoms with E-state index in [0.717, 1.165) is 30.5 Å². The molecule has 1 fully saturated rings. The molecule has 1 atom stereocenters. The van der Waals surface area contributed by atoms with E-state index < -0.39 is 0 Å². The molecule has 0 aliphatic heterocycles. The topological polar surface area (TPSA) is 49.3 Å². The molecule has 0 radical (unpaired) electrons. The first kappa shape index (κ1) is 11.7. The minimum Gasteiger partial charge on any atom is -0.508 e. The van der Waals surface area contributed by atoms with Crippen LogP contribution in [0, 0.1) is 5.92 Å². The van der Waals surface area contributed by atoms with Gasteiger partial charge in [0, 0.05) is 29.4 Å². The number of ketones is 1. The third-order valence-corrected chi connectivity index (χ3v) is 3.11. The summed E-state index contributed by atoms with van der Waals surface area (Å²) < 4.78 is 0. The molecule has 0 bridgehead atoms. The number of hydrogen-bond acceptors (Lipinski definition) is 3. The SMILES string of the molecule is CC1CCC/C(=C/Nc2cccc(O)c2)C1=O. The Morgan fingerprint density at radius 2 is 2.29 bits per heavy atom. The zero-order chi connectivity index (χ0) is 12.3. The number of phenols is 1. The van der Waals surface area contributed by atoms with Crippen LogP contribution in [-0.2, 0) is 4.79 Å².